The van der Waals surface area contributed by atoms with Gasteiger partial charge in [-0.15, -0.1) is 0 Å². The van der Waals surface area contributed by atoms with Gasteiger partial charge in [-0.2, -0.15) is 0 Å². The average molecular weight is 279 g/mol. The van der Waals surface area contributed by atoms with Crippen LogP contribution in [0.3, 0.4) is 0 Å². The van der Waals surface area contributed by atoms with Crippen molar-refractivity contribution < 1.29 is 13.9 Å². The lowest BCUT2D eigenvalue weighted by atomic mass is 10.2. The number of ether oxygens (including phenoxy) is 1. The second-order valence-electron chi connectivity index (χ2n) is 4.41. The lowest BCUT2D eigenvalue weighted by Gasteiger charge is -2.18. The highest BCUT2D eigenvalue weighted by atomic mass is 19.1. The van der Waals surface area contributed by atoms with Crippen LogP contribution in [0.2, 0.25) is 0 Å². The maximum Gasteiger partial charge on any atom is 0.253 e. The highest BCUT2D eigenvalue weighted by Gasteiger charge is 2.12. The summed E-state index contributed by atoms with van der Waals surface area (Å²) in [6.07, 6.45) is 1.20. The van der Waals surface area contributed by atoms with Gasteiger partial charge in [0, 0.05) is 18.7 Å². The lowest BCUT2D eigenvalue weighted by Crippen LogP contribution is -2.30. The minimum Gasteiger partial charge on any atom is -0.489 e. The summed E-state index contributed by atoms with van der Waals surface area (Å²) in [7, 11) is 0. The molecule has 0 radical (unpaired) electrons. The molecule has 110 valence electrons. The first-order chi connectivity index (χ1) is 9.65. The molecule has 3 nitrogen and oxygen atoms in total. The average Bonchev–Trinajstić information content (AvgIpc) is 2.50. The van der Waals surface area contributed by atoms with E-state index in [-0.39, 0.29) is 12.5 Å². The maximum atomic E-state index is 12.4. The topological polar surface area (TPSA) is 29.5 Å². The van der Waals surface area contributed by atoms with Gasteiger partial charge in [-0.1, -0.05) is 6.92 Å². The number of amides is 1. The first kappa shape index (κ1) is 16.2. The van der Waals surface area contributed by atoms with E-state index in [1.165, 1.54) is 0 Å². The van der Waals surface area contributed by atoms with E-state index >= 15 is 0 Å². The van der Waals surface area contributed by atoms with Crippen molar-refractivity contribution in [2.45, 2.75) is 27.2 Å². The van der Waals surface area contributed by atoms with Crippen molar-refractivity contribution in [2.75, 3.05) is 19.7 Å². The molecule has 0 spiro atoms. The molecule has 0 atom stereocenters. The molecule has 0 aliphatic carbocycles. The molecule has 0 saturated heterocycles. The number of carbonyl (C=O) groups excluding carboxylic acids is 1. The zero-order chi connectivity index (χ0) is 15.0. The first-order valence-corrected chi connectivity index (χ1v) is 6.96. The van der Waals surface area contributed by atoms with Gasteiger partial charge < -0.3 is 9.64 Å². The summed E-state index contributed by atoms with van der Waals surface area (Å²) in [4.78, 5) is 13.9. The third-order valence-corrected chi connectivity index (χ3v) is 3.18. The molecule has 0 aromatic heterocycles. The van der Waals surface area contributed by atoms with Gasteiger partial charge in [-0.25, -0.2) is 4.39 Å². The van der Waals surface area contributed by atoms with E-state index in [0.29, 0.717) is 42.7 Å². The smallest absolute Gasteiger partial charge is 0.253 e. The lowest BCUT2D eigenvalue weighted by molar-refractivity contribution is 0.0773. The molecule has 1 aromatic rings. The quantitative estimate of drug-likeness (QED) is 0.759. The minimum absolute atomic E-state index is 0.0134. The van der Waals surface area contributed by atoms with Gasteiger partial charge in [-0.05, 0) is 50.1 Å². The summed E-state index contributed by atoms with van der Waals surface area (Å²) in [6, 6.07) is 6.95. The van der Waals surface area contributed by atoms with Gasteiger partial charge in [0.25, 0.3) is 5.91 Å². The van der Waals surface area contributed by atoms with Crippen molar-refractivity contribution in [2.24, 2.45) is 0 Å². The zero-order valence-corrected chi connectivity index (χ0v) is 12.4. The van der Waals surface area contributed by atoms with Crippen molar-refractivity contribution in [3.8, 4) is 5.75 Å². The zero-order valence-electron chi connectivity index (χ0n) is 12.4. The molecule has 0 fully saturated rings. The summed E-state index contributed by atoms with van der Waals surface area (Å²) in [5, 5.41) is 0. The Morgan fingerprint density at radius 2 is 1.80 bits per heavy atom. The highest BCUT2D eigenvalue weighted by molar-refractivity contribution is 5.94. The number of halogens is 1. The van der Waals surface area contributed by atoms with Gasteiger partial charge in [0.1, 0.15) is 12.4 Å². The van der Waals surface area contributed by atoms with Crippen LogP contribution in [0.1, 0.15) is 37.6 Å². The van der Waals surface area contributed by atoms with Crippen LogP contribution in [0, 0.1) is 0 Å². The molecule has 0 saturated carbocycles. The van der Waals surface area contributed by atoms with Crippen LogP contribution in [0.25, 0.3) is 0 Å². The number of rotatable bonds is 7. The molecule has 0 bridgehead atoms. The highest BCUT2D eigenvalue weighted by Crippen LogP contribution is 2.15. The van der Waals surface area contributed by atoms with E-state index in [9.17, 15) is 9.18 Å². The molecule has 0 heterocycles. The SMILES string of the molecule is CC/C(=C\F)COc1ccc(C(=O)N(CC)CC)cc1. The van der Waals surface area contributed by atoms with Crippen LogP contribution < -0.4 is 4.74 Å². The second kappa shape index (κ2) is 8.35. The van der Waals surface area contributed by atoms with Gasteiger partial charge in [0.2, 0.25) is 0 Å². The third kappa shape index (κ3) is 4.37. The van der Waals surface area contributed by atoms with Crippen LogP contribution in [0.15, 0.2) is 36.2 Å². The molecule has 4 heteroatoms. The van der Waals surface area contributed by atoms with Crippen LogP contribution in [0.5, 0.6) is 5.75 Å². The van der Waals surface area contributed by atoms with E-state index in [1.54, 1.807) is 29.2 Å². The summed E-state index contributed by atoms with van der Waals surface area (Å²) >= 11 is 0. The predicted molar refractivity (Wildman–Crippen MR) is 78.7 cm³/mol. The Kier molecular flexibility index (Phi) is 6.77. The second-order valence-corrected chi connectivity index (χ2v) is 4.41. The fourth-order valence-electron chi connectivity index (χ4n) is 1.77. The van der Waals surface area contributed by atoms with E-state index in [2.05, 4.69) is 0 Å². The standard InChI is InChI=1S/C16H22FNO2/c1-4-13(11-17)12-20-15-9-7-14(8-10-15)16(19)18(5-2)6-3/h7-11H,4-6,12H2,1-3H3/b13-11+. The molecule has 0 unspecified atom stereocenters. The Balaban J connectivity index is 2.67. The number of hydrogen-bond donors (Lipinski definition) is 0. The van der Waals surface area contributed by atoms with Crippen LogP contribution >= 0.6 is 0 Å². The number of nitrogens with zero attached hydrogens (tertiary/aromatic N) is 1. The van der Waals surface area contributed by atoms with Gasteiger partial charge in [-0.3, -0.25) is 4.79 Å². The molecule has 0 N–H and O–H groups in total. The first-order valence-electron chi connectivity index (χ1n) is 6.96. The van der Waals surface area contributed by atoms with Gasteiger partial charge >= 0.3 is 0 Å². The monoisotopic (exact) mass is 279 g/mol. The Labute approximate surface area is 120 Å². The van der Waals surface area contributed by atoms with E-state index < -0.39 is 0 Å². The number of benzene rings is 1. The number of hydrogen-bond acceptors (Lipinski definition) is 2. The Morgan fingerprint density at radius 3 is 2.25 bits per heavy atom. The molecular weight excluding hydrogens is 257 g/mol. The van der Waals surface area contributed by atoms with Crippen molar-refractivity contribution in [1.29, 1.82) is 0 Å². The van der Waals surface area contributed by atoms with Crippen LogP contribution in [-0.2, 0) is 0 Å². The van der Waals surface area contributed by atoms with E-state index in [4.69, 9.17) is 4.74 Å². The molecule has 20 heavy (non-hydrogen) atoms. The molecule has 1 rings (SSSR count). The molecule has 0 aliphatic rings. The van der Waals surface area contributed by atoms with Crippen molar-refractivity contribution in [3.05, 3.63) is 41.7 Å². The van der Waals surface area contributed by atoms with E-state index in [1.807, 2.05) is 20.8 Å². The summed E-state index contributed by atoms with van der Waals surface area (Å²) in [6.45, 7) is 7.39. The molecule has 0 aliphatic heterocycles. The maximum absolute atomic E-state index is 12.4. The fourth-order valence-corrected chi connectivity index (χ4v) is 1.77. The number of carbonyl (C=O) groups is 1. The van der Waals surface area contributed by atoms with Crippen LogP contribution in [-0.4, -0.2) is 30.5 Å². The largest absolute Gasteiger partial charge is 0.489 e. The summed E-state index contributed by atoms with van der Waals surface area (Å²) < 4.78 is 17.9. The van der Waals surface area contributed by atoms with E-state index in [0.717, 1.165) is 0 Å². The summed E-state index contributed by atoms with van der Waals surface area (Å²) in [5.74, 6) is 0.647. The minimum atomic E-state index is 0.0134. The Morgan fingerprint density at radius 1 is 1.20 bits per heavy atom. The Bertz CT molecular complexity index is 450. The Hall–Kier alpha value is -1.84. The van der Waals surface area contributed by atoms with Crippen LogP contribution in [0.4, 0.5) is 4.39 Å². The molecule has 1 amide bonds. The fraction of sp³-hybridized carbons (Fsp3) is 0.438. The summed E-state index contributed by atoms with van der Waals surface area (Å²) in [5.41, 5.74) is 1.24. The molecular formula is C16H22FNO2. The predicted octanol–water partition coefficient (Wildman–Crippen LogP) is 3.81. The van der Waals surface area contributed by atoms with Gasteiger partial charge in [0.15, 0.2) is 0 Å². The van der Waals surface area contributed by atoms with Crippen molar-refractivity contribution in [3.63, 3.8) is 0 Å². The third-order valence-electron chi connectivity index (χ3n) is 3.18. The van der Waals surface area contributed by atoms with Gasteiger partial charge in [0.05, 0.1) is 6.33 Å². The van der Waals surface area contributed by atoms with Crippen molar-refractivity contribution >= 4 is 5.91 Å². The molecule has 1 aromatic carbocycles. The van der Waals surface area contributed by atoms with Crippen molar-refractivity contribution in [1.82, 2.24) is 4.90 Å². The normalized spacial score (nSPS) is 11.3.